The Kier molecular flexibility index (Phi) is 5.30. The topological polar surface area (TPSA) is 67.4 Å². The van der Waals surface area contributed by atoms with Gasteiger partial charge in [-0.1, -0.05) is 13.0 Å². The maximum Gasteiger partial charge on any atom is 0.387 e. The average Bonchev–Trinajstić information content (AvgIpc) is 3.15. The molecule has 1 fully saturated rings. The molecule has 22 heavy (non-hydrogen) atoms. The lowest BCUT2D eigenvalue weighted by Gasteiger charge is -2.09. The molecule has 1 aliphatic carbocycles. The molecule has 0 saturated heterocycles. The van der Waals surface area contributed by atoms with Gasteiger partial charge >= 0.3 is 6.61 Å². The molecule has 0 aliphatic heterocycles. The molecule has 0 aromatic heterocycles. The Morgan fingerprint density at radius 3 is 2.77 bits per heavy atom. The number of nitrogens with one attached hydrogen (secondary N) is 2. The van der Waals surface area contributed by atoms with Crippen LogP contribution in [0.1, 0.15) is 19.8 Å². The molecular weight excluding hydrogens is 294 g/mol. The highest BCUT2D eigenvalue weighted by Crippen LogP contribution is 2.37. The van der Waals surface area contributed by atoms with Gasteiger partial charge in [0.25, 0.3) is 0 Å². The van der Waals surface area contributed by atoms with Crippen LogP contribution >= 0.6 is 0 Å². The van der Waals surface area contributed by atoms with E-state index in [0.29, 0.717) is 11.6 Å². The molecule has 2 atom stereocenters. The number of alkyl halides is 2. The van der Waals surface area contributed by atoms with Crippen molar-refractivity contribution in [1.29, 1.82) is 0 Å². The summed E-state index contributed by atoms with van der Waals surface area (Å²) in [5, 5.41) is 5.27. The monoisotopic (exact) mass is 312 g/mol. The molecule has 7 heteroatoms. The van der Waals surface area contributed by atoms with E-state index in [4.69, 9.17) is 0 Å². The SMILES string of the molecule is C[C@H]1C[C@H]1C(=O)NCCC(=O)Nc1cccc(OC(F)F)c1. The second kappa shape index (κ2) is 7.20. The predicted octanol–water partition coefficient (Wildman–Crippen LogP) is 2.39. The molecule has 0 heterocycles. The zero-order valence-corrected chi connectivity index (χ0v) is 12.1. The molecule has 120 valence electrons. The molecule has 0 bridgehead atoms. The fraction of sp³-hybridized carbons (Fsp3) is 0.467. The van der Waals surface area contributed by atoms with Crippen molar-refractivity contribution in [3.05, 3.63) is 24.3 Å². The maximum atomic E-state index is 12.1. The molecule has 1 saturated carbocycles. The number of rotatable bonds is 7. The normalized spacial score (nSPS) is 19.6. The summed E-state index contributed by atoms with van der Waals surface area (Å²) >= 11 is 0. The van der Waals surface area contributed by atoms with Gasteiger partial charge in [0, 0.05) is 30.6 Å². The Labute approximate surface area is 127 Å². The van der Waals surface area contributed by atoms with Gasteiger partial charge in [0.05, 0.1) is 0 Å². The first-order valence-corrected chi connectivity index (χ1v) is 7.08. The van der Waals surface area contributed by atoms with Crippen LogP contribution in [0, 0.1) is 11.8 Å². The summed E-state index contributed by atoms with van der Waals surface area (Å²) in [6.07, 6.45) is 1.02. The molecule has 2 rings (SSSR count). The molecule has 0 radical (unpaired) electrons. The summed E-state index contributed by atoms with van der Waals surface area (Å²) in [5.74, 6) is 0.146. The van der Waals surface area contributed by atoms with Gasteiger partial charge in [0.1, 0.15) is 5.75 Å². The van der Waals surface area contributed by atoms with Crippen LogP contribution < -0.4 is 15.4 Å². The number of carbonyl (C=O) groups is 2. The van der Waals surface area contributed by atoms with Crippen molar-refractivity contribution >= 4 is 17.5 Å². The summed E-state index contributed by atoms with van der Waals surface area (Å²) in [6, 6.07) is 5.76. The molecule has 1 aromatic carbocycles. The highest BCUT2D eigenvalue weighted by molar-refractivity contribution is 5.91. The van der Waals surface area contributed by atoms with Crippen molar-refractivity contribution in [3.8, 4) is 5.75 Å². The second-order valence-electron chi connectivity index (χ2n) is 5.32. The van der Waals surface area contributed by atoms with Crippen molar-refractivity contribution in [3.63, 3.8) is 0 Å². The zero-order chi connectivity index (χ0) is 16.1. The lowest BCUT2D eigenvalue weighted by molar-refractivity contribution is -0.122. The molecule has 5 nitrogen and oxygen atoms in total. The van der Waals surface area contributed by atoms with Gasteiger partial charge in [0.2, 0.25) is 11.8 Å². The van der Waals surface area contributed by atoms with Crippen molar-refractivity contribution in [2.24, 2.45) is 11.8 Å². The van der Waals surface area contributed by atoms with Crippen molar-refractivity contribution in [1.82, 2.24) is 5.32 Å². The minimum atomic E-state index is -2.91. The van der Waals surface area contributed by atoms with Gasteiger partial charge in [0.15, 0.2) is 0 Å². The number of ether oxygens (including phenoxy) is 1. The first-order valence-electron chi connectivity index (χ1n) is 7.08. The zero-order valence-electron chi connectivity index (χ0n) is 12.1. The molecule has 0 unspecified atom stereocenters. The van der Waals surface area contributed by atoms with Gasteiger partial charge < -0.3 is 15.4 Å². The number of hydrogen-bond acceptors (Lipinski definition) is 3. The number of amides is 2. The Bertz CT molecular complexity index is 551. The van der Waals surface area contributed by atoms with Gasteiger partial charge in [-0.15, -0.1) is 0 Å². The lowest BCUT2D eigenvalue weighted by Crippen LogP contribution is -2.29. The molecule has 1 aromatic rings. The van der Waals surface area contributed by atoms with E-state index < -0.39 is 6.61 Å². The summed E-state index contributed by atoms with van der Waals surface area (Å²) in [5.41, 5.74) is 0.366. The lowest BCUT2D eigenvalue weighted by atomic mass is 10.3. The summed E-state index contributed by atoms with van der Waals surface area (Å²) in [7, 11) is 0. The number of benzene rings is 1. The van der Waals surface area contributed by atoms with E-state index in [0.717, 1.165) is 6.42 Å². The standard InChI is InChI=1S/C15H18F2N2O3/c1-9-7-12(9)14(21)18-6-5-13(20)19-10-3-2-4-11(8-10)22-15(16)17/h2-4,8-9,12,15H,5-7H2,1H3,(H,18,21)(H,19,20)/t9-,12+/m0/s1. The largest absolute Gasteiger partial charge is 0.435 e. The Morgan fingerprint density at radius 2 is 2.14 bits per heavy atom. The van der Waals surface area contributed by atoms with Crippen molar-refractivity contribution in [2.75, 3.05) is 11.9 Å². The van der Waals surface area contributed by atoms with E-state index in [9.17, 15) is 18.4 Å². The first-order chi connectivity index (χ1) is 10.5. The number of anilines is 1. The first kappa shape index (κ1) is 16.2. The molecule has 2 N–H and O–H groups in total. The highest BCUT2D eigenvalue weighted by atomic mass is 19.3. The number of halogens is 2. The minimum absolute atomic E-state index is 0.0207. The van der Waals surface area contributed by atoms with Gasteiger partial charge in [-0.05, 0) is 24.5 Å². The van der Waals surface area contributed by atoms with Crippen LogP contribution in [-0.4, -0.2) is 25.0 Å². The van der Waals surface area contributed by atoms with E-state index in [1.54, 1.807) is 6.07 Å². The quantitative estimate of drug-likeness (QED) is 0.812. The van der Waals surface area contributed by atoms with Crippen LogP contribution in [0.4, 0.5) is 14.5 Å². The molecule has 1 aliphatic rings. The average molecular weight is 312 g/mol. The molecular formula is C15H18F2N2O3. The van der Waals surface area contributed by atoms with Gasteiger partial charge in [-0.3, -0.25) is 9.59 Å². The van der Waals surface area contributed by atoms with E-state index in [1.807, 2.05) is 6.92 Å². The third-order valence-electron chi connectivity index (χ3n) is 3.44. The van der Waals surface area contributed by atoms with Crippen LogP contribution in [0.15, 0.2) is 24.3 Å². The maximum absolute atomic E-state index is 12.1. The van der Waals surface area contributed by atoms with Crippen LogP contribution in [0.3, 0.4) is 0 Å². The Morgan fingerprint density at radius 1 is 1.41 bits per heavy atom. The second-order valence-corrected chi connectivity index (χ2v) is 5.32. The third-order valence-corrected chi connectivity index (χ3v) is 3.44. The smallest absolute Gasteiger partial charge is 0.387 e. The number of hydrogen-bond donors (Lipinski definition) is 2. The Balaban J connectivity index is 1.73. The third kappa shape index (κ3) is 4.98. The van der Waals surface area contributed by atoms with E-state index >= 15 is 0 Å². The van der Waals surface area contributed by atoms with Gasteiger partial charge in [-0.2, -0.15) is 8.78 Å². The Hall–Kier alpha value is -2.18. The van der Waals surface area contributed by atoms with Gasteiger partial charge in [-0.25, -0.2) is 0 Å². The van der Waals surface area contributed by atoms with E-state index in [-0.39, 0.29) is 36.4 Å². The van der Waals surface area contributed by atoms with Crippen molar-refractivity contribution in [2.45, 2.75) is 26.4 Å². The molecule has 0 spiro atoms. The summed E-state index contributed by atoms with van der Waals surface area (Å²) < 4.78 is 28.5. The highest BCUT2D eigenvalue weighted by Gasteiger charge is 2.38. The minimum Gasteiger partial charge on any atom is -0.435 e. The predicted molar refractivity (Wildman–Crippen MR) is 76.6 cm³/mol. The summed E-state index contributed by atoms with van der Waals surface area (Å²) in [6.45, 7) is -0.655. The van der Waals surface area contributed by atoms with Crippen LogP contribution in [0.5, 0.6) is 5.75 Å². The number of carbonyl (C=O) groups excluding carboxylic acids is 2. The fourth-order valence-electron chi connectivity index (χ4n) is 2.09. The van der Waals surface area contributed by atoms with Crippen LogP contribution in [-0.2, 0) is 9.59 Å². The van der Waals surface area contributed by atoms with Crippen LogP contribution in [0.2, 0.25) is 0 Å². The van der Waals surface area contributed by atoms with E-state index in [1.165, 1.54) is 18.2 Å². The van der Waals surface area contributed by atoms with Crippen molar-refractivity contribution < 1.29 is 23.1 Å². The fourth-order valence-corrected chi connectivity index (χ4v) is 2.09. The van der Waals surface area contributed by atoms with Crippen LogP contribution in [0.25, 0.3) is 0 Å². The molecule has 2 amide bonds. The summed E-state index contributed by atoms with van der Waals surface area (Å²) in [4.78, 5) is 23.3. The van der Waals surface area contributed by atoms with E-state index in [2.05, 4.69) is 15.4 Å².